The number of fused-ring (bicyclic) bond motifs is 1. The van der Waals surface area contributed by atoms with Gasteiger partial charge in [0.15, 0.2) is 6.79 Å². The number of aryl methyl sites for hydroxylation is 2. The van der Waals surface area contributed by atoms with Crippen molar-refractivity contribution in [3.63, 3.8) is 0 Å². The molecule has 2 saturated heterocycles. The molecule has 2 heterocycles. The molecule has 2 aliphatic rings. The van der Waals surface area contributed by atoms with Crippen molar-refractivity contribution in [2.24, 2.45) is 5.92 Å². The summed E-state index contributed by atoms with van der Waals surface area (Å²) in [6.07, 6.45) is -1.33. The first-order valence-corrected chi connectivity index (χ1v) is 14.9. The number of hydrogen-bond acceptors (Lipinski definition) is 10. The summed E-state index contributed by atoms with van der Waals surface area (Å²) < 4.78 is 45.6. The van der Waals surface area contributed by atoms with Crippen molar-refractivity contribution in [2.75, 3.05) is 26.8 Å². The van der Waals surface area contributed by atoms with Crippen LogP contribution in [-0.4, -0.2) is 57.1 Å². The highest BCUT2D eigenvalue weighted by Crippen LogP contribution is 2.34. The summed E-state index contributed by atoms with van der Waals surface area (Å²) in [6.45, 7) is 4.44. The Balaban J connectivity index is 0.915. The van der Waals surface area contributed by atoms with Crippen LogP contribution in [0.3, 0.4) is 0 Å². The molecule has 6 rings (SSSR count). The van der Waals surface area contributed by atoms with E-state index in [1.807, 2.05) is 50.2 Å². The smallest absolute Gasteiger partial charge is 0.343 e. The van der Waals surface area contributed by atoms with Gasteiger partial charge in [0, 0.05) is 0 Å². The molecule has 0 saturated carbocycles. The molecular formula is C36H34O10. The van der Waals surface area contributed by atoms with Crippen LogP contribution in [0.2, 0.25) is 0 Å². The van der Waals surface area contributed by atoms with Crippen LogP contribution < -0.4 is 23.7 Å². The number of ether oxygens (including phenoxy) is 8. The van der Waals surface area contributed by atoms with Gasteiger partial charge in [-0.3, -0.25) is 4.79 Å². The Morgan fingerprint density at radius 1 is 0.587 bits per heavy atom. The summed E-state index contributed by atoms with van der Waals surface area (Å²) in [4.78, 5) is 25.4. The number of rotatable bonds is 12. The lowest BCUT2D eigenvalue weighted by Gasteiger charge is -2.17. The maximum absolute atomic E-state index is 13.0. The van der Waals surface area contributed by atoms with Crippen molar-refractivity contribution in [3.05, 3.63) is 114 Å². The standard InChI is InChI=1S/C36H34O10/c1-23-3-9-26(10-4-23)41-21-42-27-15-17-28(18-16-27)43-22-44-32-20-40-33-31(19-39-34(32)33)36(38)46-30-13-7-25(8-14-30)35(37)45-29-11-5-24(2)6-12-29/h3-18,31-34H,19-22H2,1-2H3/t31?,32-,33?,34?/m1/s1. The van der Waals surface area contributed by atoms with Crippen LogP contribution in [0, 0.1) is 19.8 Å². The van der Waals surface area contributed by atoms with E-state index in [0.29, 0.717) is 28.6 Å². The highest BCUT2D eigenvalue weighted by molar-refractivity contribution is 5.91. The van der Waals surface area contributed by atoms with E-state index < -0.39 is 36.2 Å². The second-order valence-corrected chi connectivity index (χ2v) is 11.0. The molecule has 10 heteroatoms. The van der Waals surface area contributed by atoms with Gasteiger partial charge >= 0.3 is 11.9 Å². The third kappa shape index (κ3) is 7.84. The van der Waals surface area contributed by atoms with Crippen molar-refractivity contribution < 1.29 is 47.5 Å². The van der Waals surface area contributed by atoms with Gasteiger partial charge in [0.25, 0.3) is 0 Å². The molecule has 0 bridgehead atoms. The molecule has 10 nitrogen and oxygen atoms in total. The summed E-state index contributed by atoms with van der Waals surface area (Å²) in [5.74, 6) is 1.13. The summed E-state index contributed by atoms with van der Waals surface area (Å²) >= 11 is 0. The zero-order chi connectivity index (χ0) is 31.9. The number of esters is 2. The molecule has 0 aromatic heterocycles. The lowest BCUT2D eigenvalue weighted by Crippen LogP contribution is -2.35. The fourth-order valence-electron chi connectivity index (χ4n) is 5.05. The van der Waals surface area contributed by atoms with Crippen LogP contribution >= 0.6 is 0 Å². The third-order valence-corrected chi connectivity index (χ3v) is 7.65. The highest BCUT2D eigenvalue weighted by Gasteiger charge is 2.51. The molecule has 2 aliphatic heterocycles. The van der Waals surface area contributed by atoms with Crippen LogP contribution in [0.1, 0.15) is 21.5 Å². The van der Waals surface area contributed by atoms with E-state index in [-0.39, 0.29) is 26.8 Å². The number of benzene rings is 4. The predicted molar refractivity (Wildman–Crippen MR) is 165 cm³/mol. The molecule has 238 valence electrons. The molecule has 0 aliphatic carbocycles. The van der Waals surface area contributed by atoms with Crippen molar-refractivity contribution in [3.8, 4) is 28.7 Å². The van der Waals surface area contributed by atoms with E-state index in [2.05, 4.69) is 0 Å². The zero-order valence-corrected chi connectivity index (χ0v) is 25.5. The lowest BCUT2D eigenvalue weighted by atomic mass is 10.0. The normalized spacial score (nSPS) is 20.0. The van der Waals surface area contributed by atoms with Crippen molar-refractivity contribution in [2.45, 2.75) is 32.2 Å². The maximum atomic E-state index is 13.0. The van der Waals surface area contributed by atoms with Gasteiger partial charge in [-0.2, -0.15) is 0 Å². The third-order valence-electron chi connectivity index (χ3n) is 7.65. The van der Waals surface area contributed by atoms with Crippen LogP contribution in [0.15, 0.2) is 97.1 Å². The Hall–Kier alpha value is -4.90. The van der Waals surface area contributed by atoms with Crippen LogP contribution in [0.25, 0.3) is 0 Å². The van der Waals surface area contributed by atoms with Gasteiger partial charge in [0.05, 0.1) is 18.8 Å². The van der Waals surface area contributed by atoms with Gasteiger partial charge in [-0.05, 0) is 86.6 Å². The monoisotopic (exact) mass is 626 g/mol. The van der Waals surface area contributed by atoms with Gasteiger partial charge < -0.3 is 37.9 Å². The van der Waals surface area contributed by atoms with Crippen molar-refractivity contribution in [1.82, 2.24) is 0 Å². The maximum Gasteiger partial charge on any atom is 0.343 e. The van der Waals surface area contributed by atoms with Gasteiger partial charge in [-0.1, -0.05) is 35.4 Å². The number of carbonyl (C=O) groups excluding carboxylic acids is 2. The average Bonchev–Trinajstić information content (AvgIpc) is 3.67. The molecule has 0 amide bonds. The van der Waals surface area contributed by atoms with Crippen molar-refractivity contribution in [1.29, 1.82) is 0 Å². The van der Waals surface area contributed by atoms with E-state index in [9.17, 15) is 9.59 Å². The average molecular weight is 627 g/mol. The van der Waals surface area contributed by atoms with E-state index >= 15 is 0 Å². The summed E-state index contributed by atoms with van der Waals surface area (Å²) in [6, 6.07) is 28.2. The molecule has 4 aromatic carbocycles. The largest absolute Gasteiger partial charge is 0.468 e. The molecule has 4 aromatic rings. The van der Waals surface area contributed by atoms with Gasteiger partial charge in [0.2, 0.25) is 6.79 Å². The Morgan fingerprint density at radius 3 is 1.67 bits per heavy atom. The topological polar surface area (TPSA) is 108 Å². The Labute approximate surface area is 266 Å². The minimum Gasteiger partial charge on any atom is -0.468 e. The van der Waals surface area contributed by atoms with Gasteiger partial charge in [-0.25, -0.2) is 4.79 Å². The summed E-state index contributed by atoms with van der Waals surface area (Å²) in [7, 11) is 0. The Morgan fingerprint density at radius 2 is 1.07 bits per heavy atom. The van der Waals surface area contributed by atoms with Gasteiger partial charge in [-0.15, -0.1) is 0 Å². The van der Waals surface area contributed by atoms with Crippen molar-refractivity contribution >= 4 is 11.9 Å². The van der Waals surface area contributed by atoms with E-state index in [4.69, 9.17) is 37.9 Å². The first-order valence-electron chi connectivity index (χ1n) is 14.9. The minimum atomic E-state index is -0.617. The second kappa shape index (κ2) is 14.5. The van der Waals surface area contributed by atoms with E-state index in [1.54, 1.807) is 60.7 Å². The first kappa shape index (κ1) is 31.1. The Kier molecular flexibility index (Phi) is 9.78. The lowest BCUT2D eigenvalue weighted by molar-refractivity contribution is -0.142. The van der Waals surface area contributed by atoms with Crippen LogP contribution in [-0.2, 0) is 19.0 Å². The number of carbonyl (C=O) groups is 2. The fourth-order valence-corrected chi connectivity index (χ4v) is 5.05. The first-order chi connectivity index (χ1) is 22.4. The molecular weight excluding hydrogens is 592 g/mol. The number of hydrogen-bond donors (Lipinski definition) is 0. The second-order valence-electron chi connectivity index (χ2n) is 11.0. The molecule has 0 radical (unpaired) electrons. The van der Waals surface area contributed by atoms with Crippen LogP contribution in [0.4, 0.5) is 0 Å². The molecule has 0 N–H and O–H groups in total. The van der Waals surface area contributed by atoms with E-state index in [1.165, 1.54) is 0 Å². The molecule has 4 atom stereocenters. The SMILES string of the molecule is Cc1ccc(OCOc2ccc(OCO[C@@H]3COC4C(C(=O)Oc5ccc(C(=O)Oc6ccc(C)cc6)cc5)COC43)cc2)cc1. The van der Waals surface area contributed by atoms with Crippen LogP contribution in [0.5, 0.6) is 28.7 Å². The van der Waals surface area contributed by atoms with Gasteiger partial charge in [0.1, 0.15) is 53.0 Å². The molecule has 3 unspecified atom stereocenters. The minimum absolute atomic E-state index is 0.0227. The zero-order valence-electron chi connectivity index (χ0n) is 25.5. The predicted octanol–water partition coefficient (Wildman–Crippen LogP) is 5.68. The molecule has 46 heavy (non-hydrogen) atoms. The summed E-state index contributed by atoms with van der Waals surface area (Å²) in [5.41, 5.74) is 2.56. The molecule has 0 spiro atoms. The Bertz CT molecular complexity index is 1600. The molecule has 2 fully saturated rings. The quantitative estimate of drug-likeness (QED) is 0.111. The highest BCUT2D eigenvalue weighted by atomic mass is 16.7. The summed E-state index contributed by atoms with van der Waals surface area (Å²) in [5, 5.41) is 0. The van der Waals surface area contributed by atoms with E-state index in [0.717, 1.165) is 16.9 Å². The fraction of sp³-hybridized carbons (Fsp3) is 0.278.